The maximum atomic E-state index is 11.8. The zero-order chi connectivity index (χ0) is 12.2. The van der Waals surface area contributed by atoms with Crippen LogP contribution in [0.25, 0.3) is 0 Å². The van der Waals surface area contributed by atoms with Crippen molar-refractivity contribution in [3.05, 3.63) is 12.4 Å². The minimum Gasteiger partial charge on any atom is -0.469 e. The number of hydrogen-bond donors (Lipinski definition) is 1. The third-order valence-electron chi connectivity index (χ3n) is 2.04. The van der Waals surface area contributed by atoms with Gasteiger partial charge in [0.2, 0.25) is 10.0 Å². The lowest BCUT2D eigenvalue weighted by Gasteiger charge is -2.14. The minimum atomic E-state index is -3.57. The molecule has 0 saturated heterocycles. The number of aromatic amines is 1. The van der Waals surface area contributed by atoms with Crippen molar-refractivity contribution >= 4 is 16.0 Å². The van der Waals surface area contributed by atoms with Crippen LogP contribution < -0.4 is 0 Å². The number of sulfonamides is 1. The predicted molar refractivity (Wildman–Crippen MR) is 55.0 cm³/mol. The molecule has 1 heterocycles. The molecule has 0 radical (unpaired) electrons. The van der Waals surface area contributed by atoms with Gasteiger partial charge >= 0.3 is 5.97 Å². The largest absolute Gasteiger partial charge is 0.469 e. The van der Waals surface area contributed by atoms with E-state index in [1.54, 1.807) is 0 Å². The Morgan fingerprint density at radius 1 is 1.62 bits per heavy atom. The summed E-state index contributed by atoms with van der Waals surface area (Å²) >= 11 is 0. The Balaban J connectivity index is 2.67. The summed E-state index contributed by atoms with van der Waals surface area (Å²) in [6.45, 7) is 0.0696. The molecule has 90 valence electrons. The summed E-state index contributed by atoms with van der Waals surface area (Å²) < 4.78 is 29.1. The molecule has 0 saturated carbocycles. The lowest BCUT2D eigenvalue weighted by molar-refractivity contribution is -0.140. The highest BCUT2D eigenvalue weighted by molar-refractivity contribution is 7.89. The molecule has 1 aromatic rings. The molecule has 0 bridgehead atoms. The maximum absolute atomic E-state index is 11.8. The van der Waals surface area contributed by atoms with Crippen LogP contribution in [0.15, 0.2) is 17.3 Å². The number of carbonyl (C=O) groups excluding carboxylic acids is 1. The second-order valence-corrected chi connectivity index (χ2v) is 5.13. The number of H-pyrrole nitrogens is 1. The van der Waals surface area contributed by atoms with Gasteiger partial charge in [-0.25, -0.2) is 12.7 Å². The zero-order valence-corrected chi connectivity index (χ0v) is 9.82. The molecule has 0 unspecified atom stereocenters. The molecule has 0 aliphatic carbocycles. The Bertz CT molecular complexity index is 440. The molecule has 1 aromatic heterocycles. The van der Waals surface area contributed by atoms with E-state index in [1.165, 1.54) is 26.6 Å². The first-order chi connectivity index (χ1) is 7.48. The third kappa shape index (κ3) is 2.80. The van der Waals surface area contributed by atoms with Gasteiger partial charge in [0.15, 0.2) is 0 Å². The molecule has 0 aliphatic rings. The molecular formula is C8H13N3O4S. The SMILES string of the molecule is COC(=O)CCN(C)S(=O)(=O)c1cn[nH]c1. The summed E-state index contributed by atoms with van der Waals surface area (Å²) in [6, 6.07) is 0. The first-order valence-corrected chi connectivity index (χ1v) is 5.94. The van der Waals surface area contributed by atoms with Gasteiger partial charge in [0.25, 0.3) is 0 Å². The number of carbonyl (C=O) groups is 1. The van der Waals surface area contributed by atoms with Gasteiger partial charge in [-0.05, 0) is 0 Å². The van der Waals surface area contributed by atoms with Crippen LogP contribution in [0.3, 0.4) is 0 Å². The summed E-state index contributed by atoms with van der Waals surface area (Å²) in [7, 11) is -0.917. The lowest BCUT2D eigenvalue weighted by Crippen LogP contribution is -2.29. The van der Waals surface area contributed by atoms with E-state index in [-0.39, 0.29) is 17.9 Å². The van der Waals surface area contributed by atoms with Crippen molar-refractivity contribution in [1.29, 1.82) is 0 Å². The van der Waals surface area contributed by atoms with Crippen LogP contribution in [0.2, 0.25) is 0 Å². The molecule has 1 N–H and O–H groups in total. The van der Waals surface area contributed by atoms with Gasteiger partial charge in [0.1, 0.15) is 4.90 Å². The summed E-state index contributed by atoms with van der Waals surface area (Å²) in [5.74, 6) is -0.450. The number of hydrogen-bond acceptors (Lipinski definition) is 5. The molecule has 0 fully saturated rings. The van der Waals surface area contributed by atoms with Crippen LogP contribution in [0.4, 0.5) is 0 Å². The molecule has 0 spiro atoms. The summed E-state index contributed by atoms with van der Waals surface area (Å²) in [5, 5.41) is 5.98. The highest BCUT2D eigenvalue weighted by atomic mass is 32.2. The van der Waals surface area contributed by atoms with E-state index in [1.807, 2.05) is 0 Å². The Labute approximate surface area is 93.4 Å². The lowest BCUT2D eigenvalue weighted by atomic mass is 10.4. The highest BCUT2D eigenvalue weighted by Gasteiger charge is 2.22. The van der Waals surface area contributed by atoms with Gasteiger partial charge in [0, 0.05) is 19.8 Å². The van der Waals surface area contributed by atoms with Crippen LogP contribution in [0.5, 0.6) is 0 Å². The van der Waals surface area contributed by atoms with Crippen molar-refractivity contribution in [2.24, 2.45) is 0 Å². The Morgan fingerprint density at radius 3 is 2.81 bits per heavy atom. The van der Waals surface area contributed by atoms with Gasteiger partial charge < -0.3 is 4.74 Å². The second-order valence-electron chi connectivity index (χ2n) is 3.09. The first-order valence-electron chi connectivity index (χ1n) is 4.50. The maximum Gasteiger partial charge on any atom is 0.306 e. The topological polar surface area (TPSA) is 92.4 Å². The van der Waals surface area contributed by atoms with Gasteiger partial charge in [0.05, 0.1) is 19.7 Å². The monoisotopic (exact) mass is 247 g/mol. The highest BCUT2D eigenvalue weighted by Crippen LogP contribution is 2.11. The van der Waals surface area contributed by atoms with Gasteiger partial charge in [-0.1, -0.05) is 0 Å². The average Bonchev–Trinajstić information content (AvgIpc) is 2.78. The number of esters is 1. The quantitative estimate of drug-likeness (QED) is 0.714. The molecule has 8 heteroatoms. The van der Waals surface area contributed by atoms with Crippen molar-refractivity contribution in [3.8, 4) is 0 Å². The fraction of sp³-hybridized carbons (Fsp3) is 0.500. The number of ether oxygens (including phenoxy) is 1. The van der Waals surface area contributed by atoms with Crippen molar-refractivity contribution < 1.29 is 17.9 Å². The minimum absolute atomic E-state index is 0.0179. The van der Waals surface area contributed by atoms with Crippen molar-refractivity contribution in [1.82, 2.24) is 14.5 Å². The summed E-state index contributed by atoms with van der Waals surface area (Å²) in [4.78, 5) is 10.9. The fourth-order valence-corrected chi connectivity index (χ4v) is 2.11. The molecular weight excluding hydrogens is 234 g/mol. The van der Waals surface area contributed by atoms with E-state index in [4.69, 9.17) is 0 Å². The third-order valence-corrected chi connectivity index (χ3v) is 3.86. The molecule has 0 aromatic carbocycles. The van der Waals surface area contributed by atoms with Crippen LogP contribution in [0, 0.1) is 0 Å². The average molecular weight is 247 g/mol. The molecule has 0 atom stereocenters. The van der Waals surface area contributed by atoms with Crippen LogP contribution in [-0.2, 0) is 19.6 Å². The Kier molecular flexibility index (Phi) is 4.02. The number of aromatic nitrogens is 2. The van der Waals surface area contributed by atoms with E-state index in [2.05, 4.69) is 14.9 Å². The fourth-order valence-electron chi connectivity index (χ4n) is 1.03. The van der Waals surface area contributed by atoms with Gasteiger partial charge in [-0.3, -0.25) is 9.89 Å². The number of methoxy groups -OCH3 is 1. The Hall–Kier alpha value is -1.41. The van der Waals surface area contributed by atoms with Crippen molar-refractivity contribution in [2.75, 3.05) is 20.7 Å². The smallest absolute Gasteiger partial charge is 0.306 e. The van der Waals surface area contributed by atoms with E-state index in [0.717, 1.165) is 4.31 Å². The van der Waals surface area contributed by atoms with Crippen molar-refractivity contribution in [2.45, 2.75) is 11.3 Å². The Morgan fingerprint density at radius 2 is 2.31 bits per heavy atom. The van der Waals surface area contributed by atoms with Crippen LogP contribution >= 0.6 is 0 Å². The van der Waals surface area contributed by atoms with Crippen LogP contribution in [-0.4, -0.2) is 49.6 Å². The summed E-state index contributed by atoms with van der Waals surface area (Å²) in [6.07, 6.45) is 2.51. The van der Waals surface area contributed by atoms with Gasteiger partial charge in [-0.2, -0.15) is 5.10 Å². The normalized spacial score (nSPS) is 11.7. The number of nitrogens with one attached hydrogen (secondary N) is 1. The second kappa shape index (κ2) is 5.08. The predicted octanol–water partition coefficient (Wildman–Crippen LogP) is -0.407. The first kappa shape index (κ1) is 12.7. The number of rotatable bonds is 5. The van der Waals surface area contributed by atoms with E-state index in [9.17, 15) is 13.2 Å². The molecule has 1 rings (SSSR count). The van der Waals surface area contributed by atoms with Gasteiger partial charge in [-0.15, -0.1) is 0 Å². The van der Waals surface area contributed by atoms with E-state index in [0.29, 0.717) is 0 Å². The molecule has 0 amide bonds. The zero-order valence-electron chi connectivity index (χ0n) is 9.00. The molecule has 0 aliphatic heterocycles. The van der Waals surface area contributed by atoms with Crippen LogP contribution in [0.1, 0.15) is 6.42 Å². The standard InChI is InChI=1S/C8H13N3O4S/c1-11(4-3-8(12)15-2)16(13,14)7-5-9-10-6-7/h5-6H,3-4H2,1-2H3,(H,9,10). The molecule has 16 heavy (non-hydrogen) atoms. The van der Waals surface area contributed by atoms with Crippen molar-refractivity contribution in [3.63, 3.8) is 0 Å². The van der Waals surface area contributed by atoms with E-state index >= 15 is 0 Å². The van der Waals surface area contributed by atoms with E-state index < -0.39 is 16.0 Å². The molecule has 7 nitrogen and oxygen atoms in total. The number of nitrogens with zero attached hydrogens (tertiary/aromatic N) is 2. The summed E-state index contributed by atoms with van der Waals surface area (Å²) in [5.41, 5.74) is 0.